The van der Waals surface area contributed by atoms with Crippen LogP contribution in [0.15, 0.2) is 24.3 Å². The van der Waals surface area contributed by atoms with E-state index in [1.807, 2.05) is 26.0 Å². The Morgan fingerprint density at radius 3 is 2.03 bits per heavy atom. The number of benzene rings is 1. The molecule has 0 spiro atoms. The van der Waals surface area contributed by atoms with E-state index >= 15 is 0 Å². The maximum atomic E-state index is 13.4. The van der Waals surface area contributed by atoms with Crippen LogP contribution >= 0.6 is 0 Å². The van der Waals surface area contributed by atoms with Gasteiger partial charge in [-0.3, -0.25) is 9.59 Å². The molecule has 0 unspecified atom stereocenters. The van der Waals surface area contributed by atoms with Gasteiger partial charge in [0, 0.05) is 11.0 Å². The number of Topliss-reactive ketones (excluding diaryl/α,β-unsaturated/α-hetero) is 1. The summed E-state index contributed by atoms with van der Waals surface area (Å²) in [5.74, 6) is 1.15. The van der Waals surface area contributed by atoms with Crippen molar-refractivity contribution in [2.75, 3.05) is 6.61 Å². The molecular formula is C26H35NO4. The summed E-state index contributed by atoms with van der Waals surface area (Å²) in [6, 6.07) is 6.64. The first kappa shape index (κ1) is 22.0. The summed E-state index contributed by atoms with van der Waals surface area (Å²) in [5.41, 5.74) is 1.38. The van der Waals surface area contributed by atoms with Gasteiger partial charge in [0.2, 0.25) is 5.91 Å². The van der Waals surface area contributed by atoms with Gasteiger partial charge in [-0.15, -0.1) is 0 Å². The molecule has 0 saturated heterocycles. The molecule has 4 aliphatic carbocycles. The predicted octanol–water partition coefficient (Wildman–Crippen LogP) is 4.33. The zero-order valence-corrected chi connectivity index (χ0v) is 19.0. The Balaban J connectivity index is 1.36. The second-order valence-corrected chi connectivity index (χ2v) is 10.5. The number of hydrogen-bond acceptors (Lipinski definition) is 4. The van der Waals surface area contributed by atoms with Gasteiger partial charge in [0.1, 0.15) is 6.04 Å². The number of carbonyl (C=O) groups is 3. The van der Waals surface area contributed by atoms with Crippen molar-refractivity contribution in [2.24, 2.45) is 29.1 Å². The first-order valence-electron chi connectivity index (χ1n) is 11.9. The van der Waals surface area contributed by atoms with Crippen molar-refractivity contribution >= 4 is 17.7 Å². The Kier molecular flexibility index (Phi) is 6.23. The van der Waals surface area contributed by atoms with Crippen molar-refractivity contribution in [1.82, 2.24) is 5.32 Å². The van der Waals surface area contributed by atoms with E-state index in [1.165, 1.54) is 19.3 Å². The Morgan fingerprint density at radius 2 is 1.55 bits per heavy atom. The highest BCUT2D eigenvalue weighted by atomic mass is 16.5. The van der Waals surface area contributed by atoms with Gasteiger partial charge in [0.25, 0.3) is 0 Å². The number of ketones is 1. The highest BCUT2D eigenvalue weighted by molar-refractivity contribution is 5.98. The largest absolute Gasteiger partial charge is 0.456 e. The van der Waals surface area contributed by atoms with Gasteiger partial charge in [-0.2, -0.15) is 0 Å². The highest BCUT2D eigenvalue weighted by Gasteiger charge is 2.55. The molecule has 0 aromatic heterocycles. The minimum Gasteiger partial charge on any atom is -0.456 e. The molecule has 0 heterocycles. The molecule has 5 heteroatoms. The van der Waals surface area contributed by atoms with Crippen molar-refractivity contribution in [2.45, 2.75) is 71.8 Å². The number of esters is 1. The minimum atomic E-state index is -0.726. The van der Waals surface area contributed by atoms with E-state index in [9.17, 15) is 14.4 Å². The molecule has 1 atom stereocenters. The van der Waals surface area contributed by atoms with Gasteiger partial charge in [0.05, 0.1) is 0 Å². The van der Waals surface area contributed by atoms with Crippen LogP contribution in [0, 0.1) is 29.1 Å². The summed E-state index contributed by atoms with van der Waals surface area (Å²) in [4.78, 5) is 38.6. The maximum absolute atomic E-state index is 13.4. The van der Waals surface area contributed by atoms with Crippen LogP contribution in [-0.4, -0.2) is 30.3 Å². The zero-order chi connectivity index (χ0) is 22.2. The predicted molar refractivity (Wildman–Crippen MR) is 118 cm³/mol. The average molecular weight is 426 g/mol. The molecule has 31 heavy (non-hydrogen) atoms. The van der Waals surface area contributed by atoms with Crippen molar-refractivity contribution in [3.05, 3.63) is 35.4 Å². The SMILES string of the molecule is CCc1ccc(C(=O)COC(=O)[C@@H](NC(=O)C23CC4CC(CC(C4)C2)C3)C(C)C)cc1. The molecule has 4 aliphatic rings. The van der Waals surface area contributed by atoms with Crippen LogP contribution in [0.25, 0.3) is 0 Å². The molecule has 0 aliphatic heterocycles. The lowest BCUT2D eigenvalue weighted by Gasteiger charge is -2.55. The van der Waals surface area contributed by atoms with E-state index < -0.39 is 12.0 Å². The van der Waals surface area contributed by atoms with Gasteiger partial charge >= 0.3 is 5.97 Å². The van der Waals surface area contributed by atoms with Crippen molar-refractivity contribution in [3.8, 4) is 0 Å². The molecule has 1 aromatic carbocycles. The van der Waals surface area contributed by atoms with Crippen LogP contribution < -0.4 is 5.32 Å². The molecule has 168 valence electrons. The standard InChI is InChI=1S/C26H35NO4/c1-4-17-5-7-21(8-6-17)22(28)15-31-24(29)23(16(2)3)27-25(30)26-12-18-9-19(13-26)11-20(10-18)14-26/h5-8,16,18-20,23H,4,9-15H2,1-3H3,(H,27,30)/t18?,19?,20?,23-,26?/m0/s1. The van der Waals surface area contributed by atoms with Crippen LogP contribution in [0.5, 0.6) is 0 Å². The third kappa shape index (κ3) is 4.56. The van der Waals surface area contributed by atoms with Crippen LogP contribution in [-0.2, 0) is 20.7 Å². The Labute approximate surface area is 185 Å². The summed E-state index contributed by atoms with van der Waals surface area (Å²) in [6.45, 7) is 5.55. The monoisotopic (exact) mass is 425 g/mol. The number of nitrogens with one attached hydrogen (secondary N) is 1. The highest BCUT2D eigenvalue weighted by Crippen LogP contribution is 2.60. The van der Waals surface area contributed by atoms with Gasteiger partial charge in [0.15, 0.2) is 12.4 Å². The van der Waals surface area contributed by atoms with Crippen molar-refractivity contribution in [3.63, 3.8) is 0 Å². The van der Waals surface area contributed by atoms with Crippen molar-refractivity contribution in [1.29, 1.82) is 0 Å². The maximum Gasteiger partial charge on any atom is 0.329 e. The summed E-state index contributed by atoms with van der Waals surface area (Å²) < 4.78 is 5.35. The fraction of sp³-hybridized carbons (Fsp3) is 0.654. The Bertz CT molecular complexity index is 806. The van der Waals surface area contributed by atoms with Gasteiger partial charge in [-0.05, 0) is 74.2 Å². The molecule has 0 radical (unpaired) electrons. The molecule has 4 fully saturated rings. The molecule has 1 N–H and O–H groups in total. The Morgan fingerprint density at radius 1 is 1.00 bits per heavy atom. The molecule has 1 amide bonds. The second kappa shape index (κ2) is 8.76. The average Bonchev–Trinajstić information content (AvgIpc) is 2.74. The third-order valence-corrected chi connectivity index (χ3v) is 7.76. The third-order valence-electron chi connectivity index (χ3n) is 7.76. The molecule has 1 aromatic rings. The van der Waals surface area contributed by atoms with Gasteiger partial charge < -0.3 is 10.1 Å². The summed E-state index contributed by atoms with van der Waals surface area (Å²) in [6.07, 6.45) is 7.57. The van der Waals surface area contributed by atoms with E-state index in [4.69, 9.17) is 4.74 Å². The van der Waals surface area contributed by atoms with Gasteiger partial charge in [-0.1, -0.05) is 45.0 Å². The molecule has 5 rings (SSSR count). The fourth-order valence-electron chi connectivity index (χ4n) is 6.42. The first-order chi connectivity index (χ1) is 14.8. The number of ether oxygens (including phenoxy) is 1. The second-order valence-electron chi connectivity index (χ2n) is 10.5. The summed E-state index contributed by atoms with van der Waals surface area (Å²) >= 11 is 0. The lowest BCUT2D eigenvalue weighted by Crippen LogP contribution is -2.57. The van der Waals surface area contributed by atoms with E-state index in [2.05, 4.69) is 12.2 Å². The lowest BCUT2D eigenvalue weighted by molar-refractivity contribution is -0.154. The normalized spacial score (nSPS) is 29.6. The molecule has 5 nitrogen and oxygen atoms in total. The topological polar surface area (TPSA) is 72.5 Å². The summed E-state index contributed by atoms with van der Waals surface area (Å²) in [5, 5.41) is 3.03. The van der Waals surface area contributed by atoms with E-state index in [0.29, 0.717) is 23.3 Å². The quantitative estimate of drug-likeness (QED) is 0.497. The number of carbonyl (C=O) groups excluding carboxylic acids is 3. The first-order valence-corrected chi connectivity index (χ1v) is 11.9. The fourth-order valence-corrected chi connectivity index (χ4v) is 6.42. The van der Waals surface area contributed by atoms with E-state index in [-0.39, 0.29) is 29.6 Å². The van der Waals surface area contributed by atoms with Crippen LogP contribution in [0.3, 0.4) is 0 Å². The number of hydrogen-bond donors (Lipinski definition) is 1. The number of amides is 1. The lowest BCUT2D eigenvalue weighted by atomic mass is 9.49. The number of rotatable bonds is 8. The minimum absolute atomic E-state index is 0.0173. The van der Waals surface area contributed by atoms with Crippen molar-refractivity contribution < 1.29 is 19.1 Å². The van der Waals surface area contributed by atoms with Crippen LogP contribution in [0.2, 0.25) is 0 Å². The molecule has 4 saturated carbocycles. The van der Waals surface area contributed by atoms with E-state index in [1.54, 1.807) is 12.1 Å². The van der Waals surface area contributed by atoms with Crippen LogP contribution in [0.1, 0.15) is 75.2 Å². The zero-order valence-electron chi connectivity index (χ0n) is 19.0. The van der Waals surface area contributed by atoms with Gasteiger partial charge in [-0.25, -0.2) is 4.79 Å². The smallest absolute Gasteiger partial charge is 0.329 e. The summed E-state index contributed by atoms with van der Waals surface area (Å²) in [7, 11) is 0. The van der Waals surface area contributed by atoms with E-state index in [0.717, 1.165) is 31.2 Å². The Hall–Kier alpha value is -2.17. The van der Waals surface area contributed by atoms with Crippen LogP contribution in [0.4, 0.5) is 0 Å². The number of aryl methyl sites for hydroxylation is 1. The molecular weight excluding hydrogens is 390 g/mol. The molecule has 4 bridgehead atoms.